The summed E-state index contributed by atoms with van der Waals surface area (Å²) in [6.07, 6.45) is 0. The second-order valence-corrected chi connectivity index (χ2v) is 11.4. The summed E-state index contributed by atoms with van der Waals surface area (Å²) in [4.78, 5) is 4.87. The van der Waals surface area contributed by atoms with Crippen LogP contribution in [0.25, 0.3) is 32.7 Å². The molecule has 14 heteroatoms. The molecule has 6 aromatic rings. The lowest BCUT2D eigenvalue weighted by Crippen LogP contribution is -2.01. The van der Waals surface area contributed by atoms with Gasteiger partial charge < -0.3 is 16.4 Å². The maximum atomic E-state index is 12.0. The molecule has 0 aliphatic rings. The molecule has 0 unspecified atom stereocenters. The van der Waals surface area contributed by atoms with Gasteiger partial charge in [0.1, 0.15) is 16.3 Å². The Balaban J connectivity index is 1.20. The van der Waals surface area contributed by atoms with Crippen molar-refractivity contribution >= 4 is 78.7 Å². The van der Waals surface area contributed by atoms with Gasteiger partial charge in [-0.1, -0.05) is 72.8 Å². The zero-order valence-corrected chi connectivity index (χ0v) is 25.4. The van der Waals surface area contributed by atoms with Crippen LogP contribution in [0.2, 0.25) is 0 Å². The van der Waals surface area contributed by atoms with Gasteiger partial charge in [0.2, 0.25) is 0 Å². The van der Waals surface area contributed by atoms with Crippen molar-refractivity contribution < 1.29 is 27.2 Å². The molecule has 0 bridgehead atoms. The summed E-state index contributed by atoms with van der Waals surface area (Å²) in [5, 5.41) is 23.7. The lowest BCUT2D eigenvalue weighted by Gasteiger charge is -2.09. The van der Waals surface area contributed by atoms with Gasteiger partial charge in [0.15, 0.2) is 5.75 Å². The van der Waals surface area contributed by atoms with E-state index in [0.717, 1.165) is 11.1 Å². The number of nitrogen functional groups attached to an aromatic ring is 2. The Bertz CT molecular complexity index is 2240. The third-order valence-electron chi connectivity index (χ3n) is 7.10. The lowest BCUT2D eigenvalue weighted by atomic mass is 10.1. The maximum absolute atomic E-state index is 12.0. The average molecular weight is 653 g/mol. The Morgan fingerprint density at radius 1 is 0.609 bits per heavy atom. The summed E-state index contributed by atoms with van der Waals surface area (Å²) in [5.74, 6) is 0.328. The van der Waals surface area contributed by atoms with Crippen LogP contribution < -0.4 is 16.4 Å². The molecule has 0 saturated carbocycles. The highest BCUT2D eigenvalue weighted by Crippen LogP contribution is 2.39. The minimum Gasteiger partial charge on any atom is -0.396 e. The molecule has 0 aromatic heterocycles. The topological polar surface area (TPSA) is 184 Å². The van der Waals surface area contributed by atoms with Gasteiger partial charge in [-0.15, -0.1) is 14.6 Å². The Labute approximate surface area is 268 Å². The highest BCUT2D eigenvalue weighted by molar-refractivity contribution is 7.86. The Kier molecular flexibility index (Phi) is 8.61. The molecule has 0 amide bonds. The normalized spacial score (nSPS) is 12.0. The molecule has 0 aliphatic heterocycles. The van der Waals surface area contributed by atoms with Crippen LogP contribution in [0.5, 0.6) is 5.75 Å². The molecule has 0 aliphatic carbocycles. The van der Waals surface area contributed by atoms with Crippen molar-refractivity contribution in [1.82, 2.24) is 0 Å². The minimum absolute atomic E-state index is 0.120. The quantitative estimate of drug-likeness (QED) is 0.0227. The van der Waals surface area contributed by atoms with Crippen LogP contribution in [-0.2, 0) is 19.5 Å². The number of fused-ring (bicyclic) bond motifs is 2. The summed E-state index contributed by atoms with van der Waals surface area (Å²) >= 11 is 3.52. The van der Waals surface area contributed by atoms with Crippen LogP contribution in [0, 0.1) is 0 Å². The molecular formula is C32H24N6O6S2. The number of benzene rings is 6. The van der Waals surface area contributed by atoms with Crippen molar-refractivity contribution in [1.29, 1.82) is 0 Å². The average Bonchev–Trinajstić information content (AvgIpc) is 3.07. The first-order valence-corrected chi connectivity index (χ1v) is 15.3. The third-order valence-corrected chi connectivity index (χ3v) is 8.05. The summed E-state index contributed by atoms with van der Waals surface area (Å²) in [6, 6.07) is 31.4. The molecule has 6 aromatic carbocycles. The second kappa shape index (κ2) is 12.9. The van der Waals surface area contributed by atoms with Gasteiger partial charge in [0, 0.05) is 40.5 Å². The van der Waals surface area contributed by atoms with Crippen molar-refractivity contribution in [3.8, 4) is 16.9 Å². The van der Waals surface area contributed by atoms with Crippen LogP contribution in [0.3, 0.4) is 0 Å². The van der Waals surface area contributed by atoms with Crippen LogP contribution in [0.4, 0.5) is 34.1 Å². The van der Waals surface area contributed by atoms with E-state index in [1.807, 2.05) is 60.7 Å². The fourth-order valence-electron chi connectivity index (χ4n) is 4.86. The number of rotatable bonds is 9. The predicted molar refractivity (Wildman–Crippen MR) is 179 cm³/mol. The zero-order valence-electron chi connectivity index (χ0n) is 23.7. The van der Waals surface area contributed by atoms with Crippen LogP contribution >= 0.6 is 12.9 Å². The van der Waals surface area contributed by atoms with Crippen molar-refractivity contribution in [2.75, 3.05) is 11.5 Å². The number of azo groups is 2. The molecule has 0 radical (unpaired) electrons. The fraction of sp³-hybridized carbons (Fsp3) is 0. The number of nitrogens with zero attached hydrogens (tertiary/aromatic N) is 4. The number of hydrogen-bond donors (Lipinski definition) is 4. The highest BCUT2D eigenvalue weighted by Gasteiger charge is 2.18. The molecule has 0 heterocycles. The van der Waals surface area contributed by atoms with Crippen molar-refractivity contribution in [3.63, 3.8) is 0 Å². The molecule has 0 fully saturated rings. The Hall–Kier alpha value is -5.38. The maximum Gasteiger partial charge on any atom is 0.295 e. The lowest BCUT2D eigenvalue weighted by molar-refractivity contribution is -0.401. The van der Waals surface area contributed by atoms with E-state index in [1.165, 1.54) is 6.07 Å². The summed E-state index contributed by atoms with van der Waals surface area (Å²) in [6.45, 7) is 0. The van der Waals surface area contributed by atoms with E-state index in [2.05, 4.69) is 42.7 Å². The number of nitrogens with two attached hydrogens (primary N) is 2. The number of thiol groups is 1. The predicted octanol–water partition coefficient (Wildman–Crippen LogP) is 8.99. The van der Waals surface area contributed by atoms with E-state index < -0.39 is 10.1 Å². The standard InChI is InChI=1S/C32H24N6O6S2/c33-31-25-7-3-1-5-23(25)29(42-43-44-45)17-27(31)37-35-21-13-9-19(10-14-21)20-11-15-22(16-12-20)36-38-28-18-30(46(39,40)41)24-6-2-4-8-26(24)32(28)34/h1-18,45H,33-34H2,(H,39,40,41)/b37-35+,38-36+. The molecule has 46 heavy (non-hydrogen) atoms. The summed E-state index contributed by atoms with van der Waals surface area (Å²) in [5.41, 5.74) is 16.7. The fourth-order valence-corrected chi connectivity index (χ4v) is 5.61. The number of anilines is 2. The molecule has 0 spiro atoms. The van der Waals surface area contributed by atoms with Gasteiger partial charge in [0.25, 0.3) is 10.1 Å². The van der Waals surface area contributed by atoms with E-state index in [9.17, 15) is 13.0 Å². The summed E-state index contributed by atoms with van der Waals surface area (Å²) < 4.78 is 38.0. The molecule has 12 nitrogen and oxygen atoms in total. The SMILES string of the molecule is Nc1c(/N=N/c2ccc(-c3ccc(/N=N/c4cc(S(=O)(=O)O)c5ccccc5c4N)cc3)cc2)cc(OOOS)c2ccccc12. The molecular weight excluding hydrogens is 629 g/mol. The van der Waals surface area contributed by atoms with Crippen LogP contribution in [-0.4, -0.2) is 13.0 Å². The van der Waals surface area contributed by atoms with Crippen LogP contribution in [0.15, 0.2) is 135 Å². The largest absolute Gasteiger partial charge is 0.396 e. The minimum atomic E-state index is -4.52. The highest BCUT2D eigenvalue weighted by atomic mass is 32.2. The van der Waals surface area contributed by atoms with E-state index in [1.54, 1.807) is 42.5 Å². The molecule has 0 atom stereocenters. The van der Waals surface area contributed by atoms with Gasteiger partial charge in [-0.2, -0.15) is 18.6 Å². The van der Waals surface area contributed by atoms with Crippen molar-refractivity contribution in [3.05, 3.63) is 109 Å². The van der Waals surface area contributed by atoms with E-state index in [0.29, 0.717) is 50.0 Å². The van der Waals surface area contributed by atoms with Crippen molar-refractivity contribution in [2.45, 2.75) is 4.90 Å². The van der Waals surface area contributed by atoms with Gasteiger partial charge >= 0.3 is 0 Å². The number of hydrogen-bond acceptors (Lipinski definition) is 12. The van der Waals surface area contributed by atoms with Crippen LogP contribution in [0.1, 0.15) is 0 Å². The van der Waals surface area contributed by atoms with Gasteiger partial charge in [0.05, 0.1) is 22.7 Å². The first kappa shape index (κ1) is 30.6. The van der Waals surface area contributed by atoms with E-state index in [-0.39, 0.29) is 16.3 Å². The van der Waals surface area contributed by atoms with E-state index in [4.69, 9.17) is 16.4 Å². The summed E-state index contributed by atoms with van der Waals surface area (Å²) in [7, 11) is -4.52. The molecule has 0 saturated heterocycles. The Morgan fingerprint density at radius 2 is 1.07 bits per heavy atom. The van der Waals surface area contributed by atoms with Crippen molar-refractivity contribution in [2.24, 2.45) is 20.5 Å². The first-order chi connectivity index (χ1) is 22.2. The molecule has 5 N–H and O–H groups in total. The smallest absolute Gasteiger partial charge is 0.295 e. The van der Waals surface area contributed by atoms with Gasteiger partial charge in [-0.3, -0.25) is 4.55 Å². The van der Waals surface area contributed by atoms with Gasteiger partial charge in [-0.25, -0.2) is 0 Å². The second-order valence-electron chi connectivity index (χ2n) is 9.90. The first-order valence-electron chi connectivity index (χ1n) is 13.5. The monoisotopic (exact) mass is 652 g/mol. The molecule has 230 valence electrons. The molecule has 6 rings (SSSR count). The zero-order chi connectivity index (χ0) is 32.3. The van der Waals surface area contributed by atoms with E-state index >= 15 is 0 Å². The van der Waals surface area contributed by atoms with Gasteiger partial charge in [-0.05, 0) is 46.5 Å². The third kappa shape index (κ3) is 6.37. The Morgan fingerprint density at radius 3 is 1.57 bits per heavy atom.